The van der Waals surface area contributed by atoms with Gasteiger partial charge in [0.2, 0.25) is 0 Å². The zero-order valence-corrected chi connectivity index (χ0v) is 16.2. The third-order valence-electron chi connectivity index (χ3n) is 4.38. The van der Waals surface area contributed by atoms with Crippen LogP contribution in [0.4, 0.5) is 5.69 Å². The van der Waals surface area contributed by atoms with Crippen molar-refractivity contribution in [2.45, 2.75) is 13.3 Å². The van der Waals surface area contributed by atoms with Gasteiger partial charge in [-0.3, -0.25) is 14.3 Å². The Bertz CT molecular complexity index is 1040. The highest BCUT2D eigenvalue weighted by molar-refractivity contribution is 6.30. The monoisotopic (exact) mass is 394 g/mol. The van der Waals surface area contributed by atoms with Gasteiger partial charge in [-0.1, -0.05) is 35.9 Å². The molecule has 0 unspecified atom stereocenters. The number of Topliss-reactive ketones (excluding diaryl/α,β-unsaturated/α-hetero) is 1. The molecule has 6 nitrogen and oxygen atoms in total. The zero-order chi connectivity index (χ0) is 20.3. The molecule has 3 rings (SSSR count). The largest absolute Gasteiger partial charge is 0.322 e. The number of nitrogens with zero attached hydrogens (tertiary/aromatic N) is 2. The van der Waals surface area contributed by atoms with Crippen LogP contribution in [0.3, 0.4) is 0 Å². The molecule has 0 saturated heterocycles. The molecule has 0 saturated carbocycles. The summed E-state index contributed by atoms with van der Waals surface area (Å²) >= 11 is 5.86. The van der Waals surface area contributed by atoms with Crippen LogP contribution in [0.2, 0.25) is 5.02 Å². The van der Waals surface area contributed by atoms with E-state index in [1.807, 2.05) is 0 Å². The van der Waals surface area contributed by atoms with Crippen molar-refractivity contribution in [3.63, 3.8) is 0 Å². The lowest BCUT2D eigenvalue weighted by molar-refractivity contribution is 0.0990. The van der Waals surface area contributed by atoms with Gasteiger partial charge >= 0.3 is 0 Å². The van der Waals surface area contributed by atoms with Crippen molar-refractivity contribution < 1.29 is 9.59 Å². The highest BCUT2D eigenvalue weighted by Crippen LogP contribution is 2.17. The molecule has 0 bridgehead atoms. The van der Waals surface area contributed by atoms with Gasteiger partial charge < -0.3 is 10.7 Å². The highest BCUT2D eigenvalue weighted by Gasteiger charge is 2.19. The third kappa shape index (κ3) is 4.35. The van der Waals surface area contributed by atoms with Crippen LogP contribution in [0.15, 0.2) is 54.7 Å². The standard InChI is InChI=1S/C21H19ClN4O2/c1-13(23)14-3-5-15(6-4-14)20(27)11-19-18(12-24-26(19)2)21(28)25-17-9-7-16(22)8-10-17/h3-10,12,23H,11H2,1-2H3,(H,25,28). The summed E-state index contributed by atoms with van der Waals surface area (Å²) in [6.45, 7) is 1.69. The number of carbonyl (C=O) groups excluding carboxylic acids is 2. The van der Waals surface area contributed by atoms with Gasteiger partial charge in [-0.05, 0) is 36.8 Å². The van der Waals surface area contributed by atoms with Crippen molar-refractivity contribution in [1.29, 1.82) is 5.41 Å². The Morgan fingerprint density at radius 2 is 1.68 bits per heavy atom. The molecule has 142 valence electrons. The van der Waals surface area contributed by atoms with E-state index < -0.39 is 0 Å². The SMILES string of the molecule is CC(=N)c1ccc(C(=O)Cc2c(C(=O)Nc3ccc(Cl)cc3)cnn2C)cc1. The van der Waals surface area contributed by atoms with E-state index in [2.05, 4.69) is 10.4 Å². The van der Waals surface area contributed by atoms with Crippen LogP contribution in [0.5, 0.6) is 0 Å². The summed E-state index contributed by atoms with van der Waals surface area (Å²) < 4.78 is 1.53. The van der Waals surface area contributed by atoms with Crippen molar-refractivity contribution in [2.75, 3.05) is 5.32 Å². The number of carbonyl (C=O) groups is 2. The van der Waals surface area contributed by atoms with Gasteiger partial charge in [0, 0.05) is 29.0 Å². The minimum absolute atomic E-state index is 0.0444. The Labute approximate surface area is 167 Å². The minimum Gasteiger partial charge on any atom is -0.322 e. The molecular formula is C21H19ClN4O2. The van der Waals surface area contributed by atoms with Crippen LogP contribution in [0.1, 0.15) is 38.9 Å². The molecule has 0 aliphatic heterocycles. The number of ketones is 1. The van der Waals surface area contributed by atoms with Crippen LogP contribution in [0, 0.1) is 5.41 Å². The Hall–Kier alpha value is -3.25. The molecule has 0 aliphatic rings. The molecule has 28 heavy (non-hydrogen) atoms. The van der Waals surface area contributed by atoms with Crippen molar-refractivity contribution in [1.82, 2.24) is 9.78 Å². The summed E-state index contributed by atoms with van der Waals surface area (Å²) in [7, 11) is 1.70. The molecule has 1 amide bonds. The fourth-order valence-corrected chi connectivity index (χ4v) is 2.88. The van der Waals surface area contributed by atoms with E-state index in [9.17, 15) is 9.59 Å². The van der Waals surface area contributed by atoms with E-state index in [0.29, 0.717) is 33.2 Å². The summed E-state index contributed by atoms with van der Waals surface area (Å²) in [4.78, 5) is 25.3. The second-order valence-corrected chi connectivity index (χ2v) is 6.83. The first-order chi connectivity index (χ1) is 13.3. The van der Waals surface area contributed by atoms with Gasteiger partial charge in [-0.2, -0.15) is 5.10 Å². The maximum absolute atomic E-state index is 12.7. The van der Waals surface area contributed by atoms with Crippen LogP contribution in [0.25, 0.3) is 0 Å². The van der Waals surface area contributed by atoms with E-state index in [1.54, 1.807) is 62.5 Å². The molecule has 0 fully saturated rings. The minimum atomic E-state index is -0.340. The number of benzene rings is 2. The number of halogens is 1. The number of nitrogens with one attached hydrogen (secondary N) is 2. The van der Waals surface area contributed by atoms with Crippen molar-refractivity contribution in [3.8, 4) is 0 Å². The molecule has 2 N–H and O–H groups in total. The Balaban J connectivity index is 1.78. The van der Waals surface area contributed by atoms with E-state index in [1.165, 1.54) is 10.9 Å². The number of rotatable bonds is 6. The van der Waals surface area contributed by atoms with Gasteiger partial charge in [-0.15, -0.1) is 0 Å². The molecule has 3 aromatic rings. The Morgan fingerprint density at radius 1 is 1.07 bits per heavy atom. The zero-order valence-electron chi connectivity index (χ0n) is 15.5. The summed E-state index contributed by atoms with van der Waals surface area (Å²) in [5, 5.41) is 15.1. The molecule has 0 radical (unpaired) electrons. The first-order valence-corrected chi connectivity index (χ1v) is 8.99. The third-order valence-corrected chi connectivity index (χ3v) is 4.63. The number of amides is 1. The Morgan fingerprint density at radius 3 is 2.29 bits per heavy atom. The first-order valence-electron chi connectivity index (χ1n) is 8.61. The maximum Gasteiger partial charge on any atom is 0.259 e. The van der Waals surface area contributed by atoms with E-state index >= 15 is 0 Å². The maximum atomic E-state index is 12.7. The van der Waals surface area contributed by atoms with Crippen LogP contribution < -0.4 is 5.32 Å². The fourth-order valence-electron chi connectivity index (χ4n) is 2.75. The molecule has 0 spiro atoms. The lowest BCUT2D eigenvalue weighted by Gasteiger charge is -2.08. The molecule has 0 aliphatic carbocycles. The molecule has 1 aromatic heterocycles. The van der Waals surface area contributed by atoms with Crippen molar-refractivity contribution in [2.24, 2.45) is 7.05 Å². The summed E-state index contributed by atoms with van der Waals surface area (Å²) in [5.41, 5.74) is 3.21. The van der Waals surface area contributed by atoms with Gasteiger partial charge in [0.25, 0.3) is 5.91 Å². The predicted molar refractivity (Wildman–Crippen MR) is 110 cm³/mol. The second-order valence-electron chi connectivity index (χ2n) is 6.39. The van der Waals surface area contributed by atoms with Gasteiger partial charge in [0.1, 0.15) is 0 Å². The van der Waals surface area contributed by atoms with Crippen molar-refractivity contribution >= 4 is 34.7 Å². The molecular weight excluding hydrogens is 376 g/mol. The molecule has 2 aromatic carbocycles. The molecule has 7 heteroatoms. The quantitative estimate of drug-likeness (QED) is 0.486. The summed E-state index contributed by atoms with van der Waals surface area (Å²) in [6, 6.07) is 13.6. The average Bonchev–Trinajstić information content (AvgIpc) is 3.04. The number of hydrogen-bond donors (Lipinski definition) is 2. The van der Waals surface area contributed by atoms with Crippen molar-refractivity contribution in [3.05, 3.63) is 82.1 Å². The molecule has 1 heterocycles. The average molecular weight is 395 g/mol. The number of hydrogen-bond acceptors (Lipinski definition) is 4. The lowest BCUT2D eigenvalue weighted by Crippen LogP contribution is -2.16. The number of anilines is 1. The highest BCUT2D eigenvalue weighted by atomic mass is 35.5. The van der Waals surface area contributed by atoms with E-state index in [4.69, 9.17) is 17.0 Å². The Kier molecular flexibility index (Phi) is 5.70. The normalized spacial score (nSPS) is 10.5. The van der Waals surface area contributed by atoms with Crippen LogP contribution >= 0.6 is 11.6 Å². The second kappa shape index (κ2) is 8.19. The summed E-state index contributed by atoms with van der Waals surface area (Å²) in [6.07, 6.45) is 1.50. The topological polar surface area (TPSA) is 87.8 Å². The fraction of sp³-hybridized carbons (Fsp3) is 0.143. The van der Waals surface area contributed by atoms with E-state index in [-0.39, 0.29) is 18.1 Å². The summed E-state index contributed by atoms with van der Waals surface area (Å²) in [5.74, 6) is -0.466. The van der Waals surface area contributed by atoms with Crippen LogP contribution in [-0.2, 0) is 13.5 Å². The van der Waals surface area contributed by atoms with E-state index in [0.717, 1.165) is 5.56 Å². The smallest absolute Gasteiger partial charge is 0.259 e. The van der Waals surface area contributed by atoms with Gasteiger partial charge in [-0.25, -0.2) is 0 Å². The first kappa shape index (κ1) is 19.5. The molecule has 0 atom stereocenters. The van der Waals surface area contributed by atoms with Crippen LogP contribution in [-0.4, -0.2) is 27.2 Å². The number of aryl methyl sites for hydroxylation is 1. The predicted octanol–water partition coefficient (Wildman–Crippen LogP) is 4.14. The lowest BCUT2D eigenvalue weighted by atomic mass is 10.0. The number of aromatic nitrogens is 2. The van der Waals surface area contributed by atoms with Gasteiger partial charge in [0.15, 0.2) is 5.78 Å². The van der Waals surface area contributed by atoms with Gasteiger partial charge in [0.05, 0.1) is 23.9 Å².